The first kappa shape index (κ1) is 15.9. The lowest BCUT2D eigenvalue weighted by atomic mass is 9.86. The molecule has 1 aliphatic carbocycles. The number of aryl methyl sites for hydroxylation is 2. The Labute approximate surface area is 127 Å². The average molecular weight is 290 g/mol. The molecular formula is C18H26O3. The molecule has 0 spiro atoms. The SMILES string of the molecule is CCOc1cc(C)c(C(CC)CC2CC2C(=O)O)cc1C. The lowest BCUT2D eigenvalue weighted by Gasteiger charge is -2.20. The van der Waals surface area contributed by atoms with Gasteiger partial charge in [-0.15, -0.1) is 0 Å². The molecule has 2 rings (SSSR count). The lowest BCUT2D eigenvalue weighted by Crippen LogP contribution is -2.06. The number of carbonyl (C=O) groups is 1. The van der Waals surface area contributed by atoms with Gasteiger partial charge in [-0.05, 0) is 74.6 Å². The average Bonchev–Trinajstić information content (AvgIpc) is 3.20. The van der Waals surface area contributed by atoms with Crippen molar-refractivity contribution in [2.24, 2.45) is 11.8 Å². The van der Waals surface area contributed by atoms with Crippen LogP contribution in [0.4, 0.5) is 0 Å². The van der Waals surface area contributed by atoms with Crippen molar-refractivity contribution in [3.8, 4) is 5.75 Å². The van der Waals surface area contributed by atoms with Crippen molar-refractivity contribution in [1.82, 2.24) is 0 Å². The molecule has 1 aromatic rings. The van der Waals surface area contributed by atoms with E-state index >= 15 is 0 Å². The first-order valence-electron chi connectivity index (χ1n) is 7.94. The molecule has 1 fully saturated rings. The third-order valence-corrected chi connectivity index (χ3v) is 4.62. The molecule has 0 bridgehead atoms. The molecule has 0 radical (unpaired) electrons. The summed E-state index contributed by atoms with van der Waals surface area (Å²) in [5.74, 6) is 1.04. The molecule has 3 unspecified atom stereocenters. The minimum absolute atomic E-state index is 0.108. The van der Waals surface area contributed by atoms with Crippen LogP contribution in [0.15, 0.2) is 12.1 Å². The Hall–Kier alpha value is -1.51. The summed E-state index contributed by atoms with van der Waals surface area (Å²) in [7, 11) is 0. The molecule has 1 saturated carbocycles. The lowest BCUT2D eigenvalue weighted by molar-refractivity contribution is -0.138. The highest BCUT2D eigenvalue weighted by Gasteiger charge is 2.43. The number of ether oxygens (including phenoxy) is 1. The Morgan fingerprint density at radius 1 is 1.33 bits per heavy atom. The summed E-state index contributed by atoms with van der Waals surface area (Å²) in [6.07, 6.45) is 2.89. The quantitative estimate of drug-likeness (QED) is 0.814. The Morgan fingerprint density at radius 3 is 2.57 bits per heavy atom. The molecule has 0 amide bonds. The number of carboxylic acid groups (broad SMARTS) is 1. The van der Waals surface area contributed by atoms with E-state index in [1.54, 1.807) is 0 Å². The zero-order valence-electron chi connectivity index (χ0n) is 13.5. The van der Waals surface area contributed by atoms with Gasteiger partial charge in [0.1, 0.15) is 5.75 Å². The second-order valence-electron chi connectivity index (χ2n) is 6.19. The van der Waals surface area contributed by atoms with Crippen molar-refractivity contribution in [2.45, 2.75) is 52.9 Å². The minimum Gasteiger partial charge on any atom is -0.494 e. The highest BCUT2D eigenvalue weighted by Crippen LogP contribution is 2.46. The predicted octanol–water partition coefficient (Wildman–Crippen LogP) is 4.31. The number of rotatable bonds is 7. The van der Waals surface area contributed by atoms with Crippen LogP contribution in [0.25, 0.3) is 0 Å². The van der Waals surface area contributed by atoms with Crippen LogP contribution < -0.4 is 4.74 Å². The Bertz CT molecular complexity index is 521. The summed E-state index contributed by atoms with van der Waals surface area (Å²) in [6, 6.07) is 4.35. The maximum atomic E-state index is 11.0. The van der Waals surface area contributed by atoms with Gasteiger partial charge in [0.15, 0.2) is 0 Å². The van der Waals surface area contributed by atoms with Crippen molar-refractivity contribution in [2.75, 3.05) is 6.61 Å². The zero-order valence-corrected chi connectivity index (χ0v) is 13.5. The molecule has 3 atom stereocenters. The second-order valence-corrected chi connectivity index (χ2v) is 6.19. The van der Waals surface area contributed by atoms with Gasteiger partial charge in [-0.25, -0.2) is 0 Å². The van der Waals surface area contributed by atoms with Crippen LogP contribution in [0.5, 0.6) is 5.75 Å². The molecule has 1 aromatic carbocycles. The Kier molecular flexibility index (Phi) is 4.92. The molecule has 116 valence electrons. The predicted molar refractivity (Wildman–Crippen MR) is 84.0 cm³/mol. The molecule has 0 aromatic heterocycles. The van der Waals surface area contributed by atoms with Crippen LogP contribution >= 0.6 is 0 Å². The number of benzene rings is 1. The summed E-state index contributed by atoms with van der Waals surface area (Å²) in [4.78, 5) is 11.0. The molecule has 0 saturated heterocycles. The summed E-state index contributed by atoms with van der Waals surface area (Å²) < 4.78 is 5.65. The molecule has 0 aliphatic heterocycles. The first-order chi connectivity index (χ1) is 9.97. The van der Waals surface area contributed by atoms with Crippen LogP contribution in [0.3, 0.4) is 0 Å². The van der Waals surface area contributed by atoms with Gasteiger partial charge >= 0.3 is 5.97 Å². The summed E-state index contributed by atoms with van der Waals surface area (Å²) in [5.41, 5.74) is 3.78. The van der Waals surface area contributed by atoms with Gasteiger partial charge in [0.05, 0.1) is 12.5 Å². The maximum Gasteiger partial charge on any atom is 0.306 e. The second kappa shape index (κ2) is 6.50. The Balaban J connectivity index is 2.15. The van der Waals surface area contributed by atoms with Crippen LogP contribution in [-0.2, 0) is 4.79 Å². The van der Waals surface area contributed by atoms with E-state index in [4.69, 9.17) is 9.84 Å². The molecular weight excluding hydrogens is 264 g/mol. The summed E-state index contributed by atoms with van der Waals surface area (Å²) >= 11 is 0. The largest absolute Gasteiger partial charge is 0.494 e. The van der Waals surface area contributed by atoms with Crippen LogP contribution in [0.2, 0.25) is 0 Å². The maximum absolute atomic E-state index is 11.0. The van der Waals surface area contributed by atoms with E-state index in [0.717, 1.165) is 25.0 Å². The highest BCUT2D eigenvalue weighted by atomic mass is 16.5. The zero-order chi connectivity index (χ0) is 15.6. The molecule has 1 aliphatic rings. The monoisotopic (exact) mass is 290 g/mol. The van der Waals surface area contributed by atoms with Gasteiger partial charge in [0.2, 0.25) is 0 Å². The topological polar surface area (TPSA) is 46.5 Å². The van der Waals surface area contributed by atoms with Crippen LogP contribution in [0.1, 0.15) is 55.7 Å². The molecule has 21 heavy (non-hydrogen) atoms. The molecule has 0 heterocycles. The van der Waals surface area contributed by atoms with Crippen molar-refractivity contribution >= 4 is 5.97 Å². The number of hydrogen-bond donors (Lipinski definition) is 1. The van der Waals surface area contributed by atoms with Crippen molar-refractivity contribution in [3.63, 3.8) is 0 Å². The number of hydrogen-bond acceptors (Lipinski definition) is 2. The van der Waals surface area contributed by atoms with E-state index in [1.807, 2.05) is 6.92 Å². The normalized spacial score (nSPS) is 21.9. The number of aliphatic carboxylic acids is 1. The van der Waals surface area contributed by atoms with Gasteiger partial charge in [-0.3, -0.25) is 4.79 Å². The van der Waals surface area contributed by atoms with Crippen molar-refractivity contribution in [3.05, 3.63) is 28.8 Å². The minimum atomic E-state index is -0.630. The molecule has 1 N–H and O–H groups in total. The molecule has 3 nitrogen and oxygen atoms in total. The van der Waals surface area contributed by atoms with E-state index in [0.29, 0.717) is 18.4 Å². The van der Waals surface area contributed by atoms with E-state index in [1.165, 1.54) is 16.7 Å². The first-order valence-corrected chi connectivity index (χ1v) is 7.94. The van der Waals surface area contributed by atoms with Crippen LogP contribution in [-0.4, -0.2) is 17.7 Å². The van der Waals surface area contributed by atoms with E-state index in [-0.39, 0.29) is 5.92 Å². The van der Waals surface area contributed by atoms with Crippen molar-refractivity contribution < 1.29 is 14.6 Å². The number of carboxylic acids is 1. The molecule has 3 heteroatoms. The fourth-order valence-electron chi connectivity index (χ4n) is 3.25. The third-order valence-electron chi connectivity index (χ3n) is 4.62. The van der Waals surface area contributed by atoms with Gasteiger partial charge < -0.3 is 9.84 Å². The fourth-order valence-corrected chi connectivity index (χ4v) is 3.25. The van der Waals surface area contributed by atoms with Gasteiger partial charge in [0.25, 0.3) is 0 Å². The van der Waals surface area contributed by atoms with E-state index in [2.05, 4.69) is 32.9 Å². The summed E-state index contributed by atoms with van der Waals surface area (Å²) in [5, 5.41) is 9.06. The third kappa shape index (κ3) is 3.58. The fraction of sp³-hybridized carbons (Fsp3) is 0.611. The standard InChI is InChI=1S/C18H26O3/c1-5-13(9-14-10-16(14)18(19)20)15-7-12(4)17(21-6-2)8-11(15)3/h7-8,13-14,16H,5-6,9-10H2,1-4H3,(H,19,20). The highest BCUT2D eigenvalue weighted by molar-refractivity contribution is 5.73. The van der Waals surface area contributed by atoms with E-state index in [9.17, 15) is 4.79 Å². The van der Waals surface area contributed by atoms with Gasteiger partial charge in [-0.1, -0.05) is 13.0 Å². The van der Waals surface area contributed by atoms with Gasteiger partial charge in [0, 0.05) is 0 Å². The van der Waals surface area contributed by atoms with Gasteiger partial charge in [-0.2, -0.15) is 0 Å². The smallest absolute Gasteiger partial charge is 0.306 e. The Morgan fingerprint density at radius 2 is 2.05 bits per heavy atom. The van der Waals surface area contributed by atoms with E-state index < -0.39 is 5.97 Å². The van der Waals surface area contributed by atoms with Crippen molar-refractivity contribution in [1.29, 1.82) is 0 Å². The van der Waals surface area contributed by atoms with Crippen LogP contribution in [0, 0.1) is 25.7 Å². The summed E-state index contributed by atoms with van der Waals surface area (Å²) in [6.45, 7) is 9.07.